The number of hydrogen-bond donors (Lipinski definition) is 2. The van der Waals surface area contributed by atoms with Gasteiger partial charge >= 0.3 is 5.97 Å². The van der Waals surface area contributed by atoms with Crippen LogP contribution in [0.5, 0.6) is 5.75 Å². The van der Waals surface area contributed by atoms with Crippen molar-refractivity contribution in [3.8, 4) is 5.75 Å². The van der Waals surface area contributed by atoms with Crippen LogP contribution < -0.4 is 15.6 Å². The van der Waals surface area contributed by atoms with E-state index in [-0.39, 0.29) is 23.0 Å². The SMILES string of the molecule is COc1ccccc1CNC(=O)C(C)n1nc(C(=O)O)c2ccccc2c1=O. The molecule has 2 aromatic carbocycles. The van der Waals surface area contributed by atoms with Crippen molar-refractivity contribution in [2.24, 2.45) is 0 Å². The maximum atomic E-state index is 12.7. The molecule has 0 saturated heterocycles. The van der Waals surface area contributed by atoms with Gasteiger partial charge in [0, 0.05) is 17.5 Å². The minimum Gasteiger partial charge on any atom is -0.496 e. The topological polar surface area (TPSA) is 111 Å². The van der Waals surface area contributed by atoms with E-state index in [0.717, 1.165) is 10.2 Å². The maximum Gasteiger partial charge on any atom is 0.357 e. The summed E-state index contributed by atoms with van der Waals surface area (Å²) >= 11 is 0. The summed E-state index contributed by atoms with van der Waals surface area (Å²) in [5, 5.41) is 16.5. The number of amides is 1. The number of nitrogens with one attached hydrogen (secondary N) is 1. The van der Waals surface area contributed by atoms with Gasteiger partial charge in [0.05, 0.1) is 12.5 Å². The number of carbonyl (C=O) groups is 2. The lowest BCUT2D eigenvalue weighted by Crippen LogP contribution is -2.37. The Morgan fingerprint density at radius 2 is 1.79 bits per heavy atom. The zero-order valence-electron chi connectivity index (χ0n) is 15.4. The average Bonchev–Trinajstić information content (AvgIpc) is 2.72. The molecule has 0 aliphatic carbocycles. The quantitative estimate of drug-likeness (QED) is 0.676. The van der Waals surface area contributed by atoms with Gasteiger partial charge in [-0.1, -0.05) is 36.4 Å². The molecule has 2 N–H and O–H groups in total. The molecule has 0 fully saturated rings. The first-order valence-electron chi connectivity index (χ1n) is 8.58. The molecule has 28 heavy (non-hydrogen) atoms. The molecule has 0 saturated carbocycles. The van der Waals surface area contributed by atoms with Crippen LogP contribution in [0.15, 0.2) is 53.3 Å². The molecule has 3 aromatic rings. The number of carbonyl (C=O) groups excluding carboxylic acids is 1. The van der Waals surface area contributed by atoms with Crippen molar-refractivity contribution in [1.82, 2.24) is 15.1 Å². The minimum absolute atomic E-state index is 0.194. The van der Waals surface area contributed by atoms with Crippen molar-refractivity contribution in [3.63, 3.8) is 0 Å². The molecule has 1 aromatic heterocycles. The highest BCUT2D eigenvalue weighted by Gasteiger charge is 2.22. The van der Waals surface area contributed by atoms with Gasteiger partial charge < -0.3 is 15.2 Å². The molecule has 0 radical (unpaired) electrons. The van der Waals surface area contributed by atoms with Gasteiger partial charge in [0.15, 0.2) is 5.69 Å². The minimum atomic E-state index is -1.27. The molecule has 1 unspecified atom stereocenters. The first-order chi connectivity index (χ1) is 13.4. The molecule has 0 spiro atoms. The first-order valence-corrected chi connectivity index (χ1v) is 8.58. The standard InChI is InChI=1S/C20H19N3O5/c1-12(18(24)21-11-13-7-3-6-10-16(13)28-2)23-19(25)15-9-5-4-8-14(15)17(22-23)20(26)27/h3-10,12H,11H2,1-2H3,(H,21,24)(H,26,27). The Morgan fingerprint density at radius 3 is 2.46 bits per heavy atom. The van der Waals surface area contributed by atoms with Crippen LogP contribution in [0, 0.1) is 0 Å². The number of carboxylic acid groups (broad SMARTS) is 1. The van der Waals surface area contributed by atoms with Crippen LogP contribution in [-0.2, 0) is 11.3 Å². The van der Waals surface area contributed by atoms with Gasteiger partial charge in [-0.15, -0.1) is 0 Å². The third-order valence-corrected chi connectivity index (χ3v) is 4.42. The van der Waals surface area contributed by atoms with Crippen LogP contribution in [0.2, 0.25) is 0 Å². The normalized spacial score (nSPS) is 11.8. The summed E-state index contributed by atoms with van der Waals surface area (Å²) in [5.41, 5.74) is -0.0317. The number of carboxylic acids is 1. The Balaban J connectivity index is 1.91. The Bertz CT molecular complexity index is 1110. The molecule has 1 amide bonds. The van der Waals surface area contributed by atoms with E-state index in [4.69, 9.17) is 4.74 Å². The molecular weight excluding hydrogens is 362 g/mol. The molecule has 1 heterocycles. The third-order valence-electron chi connectivity index (χ3n) is 4.42. The van der Waals surface area contributed by atoms with Crippen molar-refractivity contribution in [2.75, 3.05) is 7.11 Å². The summed E-state index contributed by atoms with van der Waals surface area (Å²) in [6.07, 6.45) is 0. The van der Waals surface area contributed by atoms with E-state index in [9.17, 15) is 19.5 Å². The predicted molar refractivity (Wildman–Crippen MR) is 103 cm³/mol. The highest BCUT2D eigenvalue weighted by molar-refractivity contribution is 6.01. The van der Waals surface area contributed by atoms with Crippen LogP contribution in [0.1, 0.15) is 29.0 Å². The van der Waals surface area contributed by atoms with E-state index < -0.39 is 23.5 Å². The second kappa shape index (κ2) is 7.91. The number of rotatable bonds is 6. The third kappa shape index (κ3) is 3.57. The zero-order chi connectivity index (χ0) is 20.3. The molecule has 0 aliphatic rings. The van der Waals surface area contributed by atoms with Crippen molar-refractivity contribution >= 4 is 22.6 Å². The number of aromatic carboxylic acids is 1. The summed E-state index contributed by atoms with van der Waals surface area (Å²) in [5.74, 6) is -1.11. The number of nitrogens with zero attached hydrogens (tertiary/aromatic N) is 2. The smallest absolute Gasteiger partial charge is 0.357 e. The van der Waals surface area contributed by atoms with Crippen LogP contribution in [0.25, 0.3) is 10.8 Å². The lowest BCUT2D eigenvalue weighted by molar-refractivity contribution is -0.124. The number of ether oxygens (including phenoxy) is 1. The monoisotopic (exact) mass is 381 g/mol. The fourth-order valence-corrected chi connectivity index (χ4v) is 2.92. The van der Waals surface area contributed by atoms with E-state index in [0.29, 0.717) is 5.75 Å². The van der Waals surface area contributed by atoms with Crippen LogP contribution >= 0.6 is 0 Å². The van der Waals surface area contributed by atoms with E-state index in [1.54, 1.807) is 18.2 Å². The van der Waals surface area contributed by atoms with Crippen molar-refractivity contribution in [3.05, 3.63) is 70.1 Å². The summed E-state index contributed by atoms with van der Waals surface area (Å²) in [7, 11) is 1.54. The number of para-hydroxylation sites is 1. The van der Waals surface area contributed by atoms with E-state index >= 15 is 0 Å². The molecule has 0 aliphatic heterocycles. The molecule has 3 rings (SSSR count). The van der Waals surface area contributed by atoms with Gasteiger partial charge in [-0.05, 0) is 19.1 Å². The number of aromatic nitrogens is 2. The van der Waals surface area contributed by atoms with Crippen LogP contribution in [0.3, 0.4) is 0 Å². The lowest BCUT2D eigenvalue weighted by atomic mass is 10.1. The lowest BCUT2D eigenvalue weighted by Gasteiger charge is -2.16. The van der Waals surface area contributed by atoms with Crippen LogP contribution in [-0.4, -0.2) is 33.9 Å². The van der Waals surface area contributed by atoms with E-state index in [2.05, 4.69) is 10.4 Å². The summed E-state index contributed by atoms with van der Waals surface area (Å²) in [4.78, 5) is 36.9. The van der Waals surface area contributed by atoms with Gasteiger partial charge in [-0.25, -0.2) is 9.48 Å². The Hall–Kier alpha value is -3.68. The number of fused-ring (bicyclic) bond motifs is 1. The van der Waals surface area contributed by atoms with Crippen molar-refractivity contribution in [2.45, 2.75) is 19.5 Å². The predicted octanol–water partition coefficient (Wildman–Crippen LogP) is 1.98. The second-order valence-electron chi connectivity index (χ2n) is 6.15. The zero-order valence-corrected chi connectivity index (χ0v) is 15.4. The molecule has 1 atom stereocenters. The Morgan fingerprint density at radius 1 is 1.14 bits per heavy atom. The molecule has 0 bridgehead atoms. The first kappa shape index (κ1) is 19.1. The molecule has 8 heteroatoms. The van der Waals surface area contributed by atoms with Crippen molar-refractivity contribution in [1.29, 1.82) is 0 Å². The maximum absolute atomic E-state index is 12.7. The summed E-state index contributed by atoms with van der Waals surface area (Å²) in [6, 6.07) is 12.5. The van der Waals surface area contributed by atoms with Gasteiger partial charge in [0.2, 0.25) is 5.91 Å². The van der Waals surface area contributed by atoms with Crippen molar-refractivity contribution < 1.29 is 19.4 Å². The van der Waals surface area contributed by atoms with E-state index in [1.807, 2.05) is 18.2 Å². The van der Waals surface area contributed by atoms with Gasteiger partial charge in [-0.3, -0.25) is 9.59 Å². The highest BCUT2D eigenvalue weighted by Crippen LogP contribution is 2.18. The van der Waals surface area contributed by atoms with Gasteiger partial charge in [0.25, 0.3) is 5.56 Å². The van der Waals surface area contributed by atoms with Crippen LogP contribution in [0.4, 0.5) is 0 Å². The molecule has 144 valence electrons. The Kier molecular flexibility index (Phi) is 5.39. The highest BCUT2D eigenvalue weighted by atomic mass is 16.5. The average molecular weight is 381 g/mol. The second-order valence-corrected chi connectivity index (χ2v) is 6.15. The largest absolute Gasteiger partial charge is 0.496 e. The number of methoxy groups -OCH3 is 1. The fourth-order valence-electron chi connectivity index (χ4n) is 2.92. The Labute approximate surface area is 160 Å². The van der Waals surface area contributed by atoms with Gasteiger partial charge in [-0.2, -0.15) is 5.10 Å². The number of benzene rings is 2. The summed E-state index contributed by atoms with van der Waals surface area (Å²) in [6.45, 7) is 1.69. The molecule has 8 nitrogen and oxygen atoms in total. The molecular formula is C20H19N3O5. The summed E-state index contributed by atoms with van der Waals surface area (Å²) < 4.78 is 6.15. The van der Waals surface area contributed by atoms with Gasteiger partial charge in [0.1, 0.15) is 11.8 Å². The number of hydrogen-bond acceptors (Lipinski definition) is 5. The fraction of sp³-hybridized carbons (Fsp3) is 0.200. The van der Waals surface area contributed by atoms with E-state index in [1.165, 1.54) is 26.2 Å².